The van der Waals surface area contributed by atoms with E-state index in [4.69, 9.17) is 5.84 Å². The van der Waals surface area contributed by atoms with Crippen molar-refractivity contribution in [2.75, 3.05) is 17.4 Å². The number of nitrogens with zero attached hydrogens (tertiary/aromatic N) is 2. The number of nitro benzene ring substituents is 1. The van der Waals surface area contributed by atoms with Crippen molar-refractivity contribution in [3.63, 3.8) is 0 Å². The summed E-state index contributed by atoms with van der Waals surface area (Å²) in [5.74, 6) is 5.45. The Morgan fingerprint density at radius 1 is 1.29 bits per heavy atom. The summed E-state index contributed by atoms with van der Waals surface area (Å²) in [5, 5.41) is 11.0. The van der Waals surface area contributed by atoms with Gasteiger partial charge in [0.25, 0.3) is 5.69 Å². The van der Waals surface area contributed by atoms with Crippen molar-refractivity contribution in [2.45, 2.75) is 13.5 Å². The smallest absolute Gasteiger partial charge is 0.293 e. The van der Waals surface area contributed by atoms with Crippen LogP contribution in [0.4, 0.5) is 17.1 Å². The van der Waals surface area contributed by atoms with Gasteiger partial charge in [-0.15, -0.1) is 0 Å². The molecule has 6 heteroatoms. The number of nitrogen functional groups attached to an aromatic ring is 1. The maximum absolute atomic E-state index is 11.0. The van der Waals surface area contributed by atoms with Gasteiger partial charge < -0.3 is 10.3 Å². The first-order valence-corrected chi connectivity index (χ1v) is 6.53. The number of hydrogen-bond donors (Lipinski definition) is 2. The van der Waals surface area contributed by atoms with E-state index in [0.717, 1.165) is 16.8 Å². The zero-order chi connectivity index (χ0) is 15.4. The number of anilines is 2. The van der Waals surface area contributed by atoms with Crippen molar-refractivity contribution in [2.24, 2.45) is 5.84 Å². The molecule has 0 saturated heterocycles. The van der Waals surface area contributed by atoms with Crippen LogP contribution in [0.5, 0.6) is 0 Å². The van der Waals surface area contributed by atoms with Crippen LogP contribution >= 0.6 is 0 Å². The van der Waals surface area contributed by atoms with Gasteiger partial charge in [-0.3, -0.25) is 16.0 Å². The molecule has 0 aromatic heterocycles. The van der Waals surface area contributed by atoms with Crippen LogP contribution in [0.25, 0.3) is 0 Å². The van der Waals surface area contributed by atoms with Gasteiger partial charge in [-0.05, 0) is 24.6 Å². The Hall–Kier alpha value is -2.60. The van der Waals surface area contributed by atoms with E-state index >= 15 is 0 Å². The highest BCUT2D eigenvalue weighted by molar-refractivity contribution is 5.66. The number of nitro groups is 1. The summed E-state index contributed by atoms with van der Waals surface area (Å²) in [6, 6.07) is 13.0. The lowest BCUT2D eigenvalue weighted by Crippen LogP contribution is -2.19. The minimum absolute atomic E-state index is 0.0207. The number of hydrazine groups is 1. The van der Waals surface area contributed by atoms with Gasteiger partial charge in [-0.1, -0.05) is 24.3 Å². The summed E-state index contributed by atoms with van der Waals surface area (Å²) < 4.78 is 0. The van der Waals surface area contributed by atoms with E-state index in [9.17, 15) is 10.1 Å². The average Bonchev–Trinajstić information content (AvgIpc) is 2.46. The molecule has 0 bridgehead atoms. The number of aryl methyl sites for hydroxylation is 1. The third-order valence-electron chi connectivity index (χ3n) is 3.32. The van der Waals surface area contributed by atoms with E-state index < -0.39 is 4.92 Å². The molecule has 0 radical (unpaired) electrons. The van der Waals surface area contributed by atoms with Gasteiger partial charge in [0.1, 0.15) is 5.69 Å². The summed E-state index contributed by atoms with van der Waals surface area (Å²) in [4.78, 5) is 12.6. The lowest BCUT2D eigenvalue weighted by atomic mass is 10.1. The lowest BCUT2D eigenvalue weighted by Gasteiger charge is -2.21. The topological polar surface area (TPSA) is 84.4 Å². The molecule has 0 atom stereocenters. The maximum Gasteiger partial charge on any atom is 0.293 e. The van der Waals surface area contributed by atoms with Gasteiger partial charge in [0.2, 0.25) is 0 Å². The Morgan fingerprint density at radius 2 is 2.00 bits per heavy atom. The summed E-state index contributed by atoms with van der Waals surface area (Å²) in [6.45, 7) is 2.54. The van der Waals surface area contributed by atoms with Crippen molar-refractivity contribution in [1.82, 2.24) is 0 Å². The molecule has 0 heterocycles. The van der Waals surface area contributed by atoms with Gasteiger partial charge in [-0.2, -0.15) is 0 Å². The molecule has 6 nitrogen and oxygen atoms in total. The van der Waals surface area contributed by atoms with Crippen LogP contribution in [0.1, 0.15) is 11.1 Å². The molecule has 0 amide bonds. The van der Waals surface area contributed by atoms with Crippen LogP contribution in [0.3, 0.4) is 0 Å². The number of benzene rings is 2. The SMILES string of the molecule is Cc1cccc(N(C)Cc2cccc([N+](=O)[O-])c2NN)c1. The fourth-order valence-electron chi connectivity index (χ4n) is 2.25. The van der Waals surface area contributed by atoms with Gasteiger partial charge in [-0.25, -0.2) is 0 Å². The van der Waals surface area contributed by atoms with E-state index in [1.165, 1.54) is 6.07 Å². The monoisotopic (exact) mass is 286 g/mol. The first-order valence-electron chi connectivity index (χ1n) is 6.53. The van der Waals surface area contributed by atoms with Crippen LogP contribution in [-0.4, -0.2) is 12.0 Å². The number of hydrogen-bond acceptors (Lipinski definition) is 5. The Labute approximate surface area is 123 Å². The van der Waals surface area contributed by atoms with Crippen molar-refractivity contribution in [3.8, 4) is 0 Å². The molecule has 0 spiro atoms. The summed E-state index contributed by atoms with van der Waals surface area (Å²) >= 11 is 0. The number of nitrogens with two attached hydrogens (primary N) is 1. The third kappa shape index (κ3) is 3.29. The highest BCUT2D eigenvalue weighted by atomic mass is 16.6. The molecule has 0 aliphatic heterocycles. The molecule has 110 valence electrons. The van der Waals surface area contributed by atoms with Crippen LogP contribution in [0.2, 0.25) is 0 Å². The molecular weight excluding hydrogens is 268 g/mol. The van der Waals surface area contributed by atoms with E-state index in [1.807, 2.05) is 43.1 Å². The van der Waals surface area contributed by atoms with Crippen molar-refractivity contribution in [1.29, 1.82) is 0 Å². The Kier molecular flexibility index (Phi) is 4.39. The highest BCUT2D eigenvalue weighted by Gasteiger charge is 2.17. The Bertz CT molecular complexity index is 658. The molecular formula is C15H18N4O2. The lowest BCUT2D eigenvalue weighted by molar-refractivity contribution is -0.384. The normalized spacial score (nSPS) is 10.2. The quantitative estimate of drug-likeness (QED) is 0.501. The fraction of sp³-hybridized carbons (Fsp3) is 0.200. The van der Waals surface area contributed by atoms with Gasteiger partial charge in [0.05, 0.1) is 4.92 Å². The molecule has 0 fully saturated rings. The molecule has 0 unspecified atom stereocenters. The van der Waals surface area contributed by atoms with Gasteiger partial charge >= 0.3 is 0 Å². The number of para-hydroxylation sites is 1. The molecule has 0 saturated carbocycles. The first-order chi connectivity index (χ1) is 10.0. The van der Waals surface area contributed by atoms with Crippen LogP contribution in [0, 0.1) is 17.0 Å². The van der Waals surface area contributed by atoms with Gasteiger partial charge in [0.15, 0.2) is 0 Å². The fourth-order valence-corrected chi connectivity index (χ4v) is 2.25. The molecule has 21 heavy (non-hydrogen) atoms. The van der Waals surface area contributed by atoms with E-state index in [0.29, 0.717) is 12.2 Å². The molecule has 3 N–H and O–H groups in total. The van der Waals surface area contributed by atoms with E-state index in [-0.39, 0.29) is 5.69 Å². The first kappa shape index (κ1) is 14.8. The molecule has 2 rings (SSSR count). The Morgan fingerprint density at radius 3 is 2.62 bits per heavy atom. The molecule has 2 aromatic carbocycles. The second kappa shape index (κ2) is 6.23. The second-order valence-electron chi connectivity index (χ2n) is 4.91. The molecule has 0 aliphatic carbocycles. The Balaban J connectivity index is 2.31. The van der Waals surface area contributed by atoms with Gasteiger partial charge in [0, 0.05) is 30.9 Å². The summed E-state index contributed by atoms with van der Waals surface area (Å²) in [6.07, 6.45) is 0. The minimum Gasteiger partial charge on any atom is -0.370 e. The van der Waals surface area contributed by atoms with Crippen LogP contribution in [0.15, 0.2) is 42.5 Å². The molecule has 0 aliphatic rings. The largest absolute Gasteiger partial charge is 0.370 e. The van der Waals surface area contributed by atoms with E-state index in [1.54, 1.807) is 6.07 Å². The third-order valence-corrected chi connectivity index (χ3v) is 3.32. The van der Waals surface area contributed by atoms with Crippen LogP contribution < -0.4 is 16.2 Å². The zero-order valence-electron chi connectivity index (χ0n) is 12.0. The molecule has 2 aromatic rings. The van der Waals surface area contributed by atoms with Crippen molar-refractivity contribution in [3.05, 3.63) is 63.7 Å². The average molecular weight is 286 g/mol. The maximum atomic E-state index is 11.0. The summed E-state index contributed by atoms with van der Waals surface area (Å²) in [7, 11) is 1.94. The zero-order valence-corrected chi connectivity index (χ0v) is 12.0. The van der Waals surface area contributed by atoms with Crippen molar-refractivity contribution < 1.29 is 4.92 Å². The predicted molar refractivity (Wildman–Crippen MR) is 84.2 cm³/mol. The van der Waals surface area contributed by atoms with Crippen molar-refractivity contribution >= 4 is 17.1 Å². The standard InChI is InChI=1S/C15H18N4O2/c1-11-5-3-7-13(9-11)18(2)10-12-6-4-8-14(19(20)21)15(12)17-16/h3-9,17H,10,16H2,1-2H3. The minimum atomic E-state index is -0.439. The summed E-state index contributed by atoms with van der Waals surface area (Å²) in [5.41, 5.74) is 5.76. The highest BCUT2D eigenvalue weighted by Crippen LogP contribution is 2.29. The predicted octanol–water partition coefficient (Wildman–Crippen LogP) is 2.83. The number of rotatable bonds is 5. The number of nitrogens with one attached hydrogen (secondary N) is 1. The second-order valence-corrected chi connectivity index (χ2v) is 4.91. The van der Waals surface area contributed by atoms with Crippen LogP contribution in [-0.2, 0) is 6.54 Å². The van der Waals surface area contributed by atoms with E-state index in [2.05, 4.69) is 11.5 Å².